The smallest absolute Gasteiger partial charge is 0.390 e. The molecule has 0 aromatic carbocycles. The van der Waals surface area contributed by atoms with E-state index in [0.29, 0.717) is 29.6 Å². The topological polar surface area (TPSA) is 40.5 Å². The predicted octanol–water partition coefficient (Wildman–Crippen LogP) is 7.13. The summed E-state index contributed by atoms with van der Waals surface area (Å²) in [5.74, 6) is 3.48. The first-order valence-corrected chi connectivity index (χ1v) is 13.3. The van der Waals surface area contributed by atoms with Crippen LogP contribution in [0.5, 0.6) is 0 Å². The zero-order valence-corrected chi connectivity index (χ0v) is 20.6. The van der Waals surface area contributed by atoms with Gasteiger partial charge in [-0.3, -0.25) is 0 Å². The van der Waals surface area contributed by atoms with Crippen LogP contribution in [0, 0.1) is 46.3 Å². The highest BCUT2D eigenvalue weighted by molar-refractivity contribution is 5.10. The fraction of sp³-hybridized carbons (Fsp3) is 1.00. The lowest BCUT2D eigenvalue weighted by Crippen LogP contribution is -2.56. The van der Waals surface area contributed by atoms with Gasteiger partial charge in [-0.2, -0.15) is 13.2 Å². The van der Waals surface area contributed by atoms with Gasteiger partial charge in [0.05, 0.1) is 5.60 Å². The van der Waals surface area contributed by atoms with E-state index in [-0.39, 0.29) is 17.8 Å². The molecule has 0 aromatic heterocycles. The van der Waals surface area contributed by atoms with E-state index in [1.165, 1.54) is 32.1 Å². The Morgan fingerprint density at radius 2 is 1.59 bits per heavy atom. The van der Waals surface area contributed by atoms with Gasteiger partial charge >= 0.3 is 6.18 Å². The summed E-state index contributed by atoms with van der Waals surface area (Å²) < 4.78 is 38.3. The molecule has 2 nitrogen and oxygen atoms in total. The minimum absolute atomic E-state index is 0.173. The van der Waals surface area contributed by atoms with Gasteiger partial charge in [0.2, 0.25) is 0 Å². The molecule has 4 fully saturated rings. The summed E-state index contributed by atoms with van der Waals surface area (Å²) in [5.41, 5.74) is 0.104. The normalized spacial score (nSPS) is 48.5. The zero-order chi connectivity index (χ0) is 23.5. The maximum Gasteiger partial charge on any atom is 0.414 e. The van der Waals surface area contributed by atoms with Crippen molar-refractivity contribution >= 4 is 0 Å². The largest absolute Gasteiger partial charge is 0.414 e. The van der Waals surface area contributed by atoms with Crippen LogP contribution in [-0.2, 0) is 0 Å². The van der Waals surface area contributed by atoms with Crippen LogP contribution in [-0.4, -0.2) is 28.1 Å². The summed E-state index contributed by atoms with van der Waals surface area (Å²) >= 11 is 0. The quantitative estimate of drug-likeness (QED) is 0.460. The number of halogens is 3. The summed E-state index contributed by atoms with van der Waals surface area (Å²) in [6.07, 6.45) is 4.76. The van der Waals surface area contributed by atoms with E-state index in [0.717, 1.165) is 43.9 Å². The average molecular weight is 459 g/mol. The lowest BCUT2D eigenvalue weighted by atomic mass is 9.43. The fourth-order valence-corrected chi connectivity index (χ4v) is 9.40. The van der Waals surface area contributed by atoms with Crippen LogP contribution in [0.25, 0.3) is 0 Å². The van der Waals surface area contributed by atoms with Crippen molar-refractivity contribution in [1.82, 2.24) is 0 Å². The second-order valence-electron chi connectivity index (χ2n) is 12.8. The minimum atomic E-state index is -4.50. The SMILES string of the molecule is CC[C@]1(O)CC[C@@]2(C)[C@@H](CC[C@@H]3[C@@H]2CC[C@]2(C)[C@@H]([C@H](C)CC[C@@H](O)C(F)(F)F)CC[C@@H]32)C1. The highest BCUT2D eigenvalue weighted by Gasteiger charge is 2.61. The molecule has 0 radical (unpaired) electrons. The van der Waals surface area contributed by atoms with Crippen molar-refractivity contribution in [3.05, 3.63) is 0 Å². The summed E-state index contributed by atoms with van der Waals surface area (Å²) in [5, 5.41) is 20.4. The summed E-state index contributed by atoms with van der Waals surface area (Å²) in [7, 11) is 0. The Bertz CT molecular complexity index is 680. The van der Waals surface area contributed by atoms with E-state index >= 15 is 0 Å². The molecule has 0 spiro atoms. The zero-order valence-electron chi connectivity index (χ0n) is 20.6. The van der Waals surface area contributed by atoms with Crippen molar-refractivity contribution in [3.63, 3.8) is 0 Å². The third-order valence-corrected chi connectivity index (χ3v) is 11.5. The van der Waals surface area contributed by atoms with Gasteiger partial charge < -0.3 is 10.2 Å². The van der Waals surface area contributed by atoms with Gasteiger partial charge in [0, 0.05) is 0 Å². The van der Waals surface area contributed by atoms with Gasteiger partial charge in [-0.15, -0.1) is 0 Å². The number of aliphatic hydroxyl groups excluding tert-OH is 1. The first kappa shape index (κ1) is 24.8. The Hall–Kier alpha value is -0.290. The van der Waals surface area contributed by atoms with E-state index in [9.17, 15) is 23.4 Å². The van der Waals surface area contributed by atoms with Crippen molar-refractivity contribution in [2.24, 2.45) is 46.3 Å². The van der Waals surface area contributed by atoms with Gasteiger partial charge in [-0.1, -0.05) is 27.7 Å². The molecule has 4 aliphatic carbocycles. The molecule has 0 saturated heterocycles. The van der Waals surface area contributed by atoms with Gasteiger partial charge in [0.1, 0.15) is 6.10 Å². The minimum Gasteiger partial charge on any atom is -0.390 e. The number of alkyl halides is 3. The number of rotatable bonds is 5. The van der Waals surface area contributed by atoms with Crippen LogP contribution in [0.2, 0.25) is 0 Å². The second kappa shape index (κ2) is 8.43. The lowest BCUT2D eigenvalue weighted by Gasteiger charge is -2.62. The molecule has 10 atom stereocenters. The maximum absolute atomic E-state index is 12.8. The van der Waals surface area contributed by atoms with Crippen molar-refractivity contribution in [2.45, 2.75) is 123 Å². The van der Waals surface area contributed by atoms with Crippen molar-refractivity contribution in [1.29, 1.82) is 0 Å². The summed E-state index contributed by atoms with van der Waals surface area (Å²) in [6.45, 7) is 9.19. The summed E-state index contributed by atoms with van der Waals surface area (Å²) in [4.78, 5) is 0. The molecule has 32 heavy (non-hydrogen) atoms. The standard InChI is InChI=1S/C27H45F3O2/c1-5-26(32)15-14-24(3)18(16-26)7-8-19-21-10-9-20(25(21,4)13-12-22(19)24)17(2)6-11-23(31)27(28,29)30/h17-23,31-32H,5-16H2,1-4H3/t17-,18+,19+,20-,21+,22+,23-,24+,25-,26+/m1/s1. The number of fused-ring (bicyclic) bond motifs is 5. The van der Waals surface area contributed by atoms with Crippen molar-refractivity contribution in [2.75, 3.05) is 0 Å². The Labute approximate surface area is 192 Å². The number of hydrogen-bond acceptors (Lipinski definition) is 2. The summed E-state index contributed by atoms with van der Waals surface area (Å²) in [6, 6.07) is 0. The molecule has 4 aliphatic rings. The monoisotopic (exact) mass is 458 g/mol. The van der Waals surface area contributed by atoms with E-state index in [1.807, 2.05) is 0 Å². The first-order chi connectivity index (χ1) is 14.8. The molecule has 0 bridgehead atoms. The third kappa shape index (κ3) is 4.06. The van der Waals surface area contributed by atoms with Crippen LogP contribution in [0.15, 0.2) is 0 Å². The fourth-order valence-electron chi connectivity index (χ4n) is 9.40. The van der Waals surface area contributed by atoms with Gasteiger partial charge in [-0.25, -0.2) is 0 Å². The lowest BCUT2D eigenvalue weighted by molar-refractivity contribution is -0.206. The molecule has 0 aromatic rings. The van der Waals surface area contributed by atoms with E-state index in [1.54, 1.807) is 0 Å². The molecule has 5 heteroatoms. The van der Waals surface area contributed by atoms with Crippen molar-refractivity contribution < 1.29 is 23.4 Å². The van der Waals surface area contributed by atoms with E-state index < -0.39 is 17.9 Å². The Kier molecular flexibility index (Phi) is 6.54. The van der Waals surface area contributed by atoms with Crippen LogP contribution < -0.4 is 0 Å². The molecule has 0 aliphatic heterocycles. The molecule has 186 valence electrons. The number of aliphatic hydroxyl groups is 2. The highest BCUT2D eigenvalue weighted by atomic mass is 19.4. The number of hydrogen-bond donors (Lipinski definition) is 2. The second-order valence-corrected chi connectivity index (χ2v) is 12.8. The average Bonchev–Trinajstić information content (AvgIpc) is 3.09. The molecule has 4 saturated carbocycles. The molecular formula is C27H45F3O2. The van der Waals surface area contributed by atoms with Crippen LogP contribution >= 0.6 is 0 Å². The van der Waals surface area contributed by atoms with E-state index in [2.05, 4.69) is 27.7 Å². The molecule has 0 amide bonds. The van der Waals surface area contributed by atoms with Gasteiger partial charge in [0.25, 0.3) is 0 Å². The first-order valence-electron chi connectivity index (χ1n) is 13.3. The van der Waals surface area contributed by atoms with Gasteiger partial charge in [0.15, 0.2) is 0 Å². The Morgan fingerprint density at radius 3 is 2.25 bits per heavy atom. The molecule has 0 heterocycles. The molecule has 4 rings (SSSR count). The molecule has 0 unspecified atom stereocenters. The predicted molar refractivity (Wildman–Crippen MR) is 121 cm³/mol. The maximum atomic E-state index is 12.8. The molecular weight excluding hydrogens is 413 g/mol. The van der Waals surface area contributed by atoms with Crippen LogP contribution in [0.4, 0.5) is 13.2 Å². The van der Waals surface area contributed by atoms with Crippen molar-refractivity contribution in [3.8, 4) is 0 Å². The van der Waals surface area contributed by atoms with Crippen LogP contribution in [0.3, 0.4) is 0 Å². The highest BCUT2D eigenvalue weighted by Crippen LogP contribution is 2.69. The van der Waals surface area contributed by atoms with Gasteiger partial charge in [-0.05, 0) is 123 Å². The Morgan fingerprint density at radius 1 is 0.906 bits per heavy atom. The molecule has 2 N–H and O–H groups in total. The third-order valence-electron chi connectivity index (χ3n) is 11.5. The van der Waals surface area contributed by atoms with E-state index in [4.69, 9.17) is 0 Å². The Balaban J connectivity index is 1.45. The van der Waals surface area contributed by atoms with Crippen LogP contribution in [0.1, 0.15) is 105 Å².